The van der Waals surface area contributed by atoms with Crippen molar-refractivity contribution >= 4 is 22.3 Å². The molecule has 3 heteroatoms. The van der Waals surface area contributed by atoms with E-state index in [0.29, 0.717) is 6.04 Å². The quantitative estimate of drug-likeness (QED) is 0.883. The number of benzene rings is 1. The highest BCUT2D eigenvalue weighted by Gasteiger charge is 2.22. The van der Waals surface area contributed by atoms with E-state index in [1.54, 1.807) is 0 Å². The molecule has 100 valence electrons. The van der Waals surface area contributed by atoms with Crippen LogP contribution in [0, 0.1) is 0 Å². The first-order valence-electron chi connectivity index (χ1n) is 7.22. The van der Waals surface area contributed by atoms with Gasteiger partial charge in [-0.25, -0.2) is 4.98 Å². The van der Waals surface area contributed by atoms with Gasteiger partial charge in [-0.15, -0.1) is 0 Å². The molecule has 1 aliphatic rings. The number of pyridine rings is 1. The molecule has 0 unspecified atom stereocenters. The normalized spacial score (nSPS) is 14.6. The number of rotatable bonds is 5. The van der Waals surface area contributed by atoms with Crippen molar-refractivity contribution in [1.29, 1.82) is 0 Å². The zero-order valence-electron chi connectivity index (χ0n) is 11.7. The molecule has 0 bridgehead atoms. The average molecular weight is 255 g/mol. The summed E-state index contributed by atoms with van der Waals surface area (Å²) in [4.78, 5) is 7.00. The van der Waals surface area contributed by atoms with Crippen LogP contribution in [0.1, 0.15) is 26.7 Å². The Balaban J connectivity index is 2.09. The lowest BCUT2D eigenvalue weighted by Gasteiger charge is -2.22. The number of nitrogens with zero attached hydrogens (tertiary/aromatic N) is 2. The average Bonchev–Trinajstić information content (AvgIpc) is 3.26. The van der Waals surface area contributed by atoms with Gasteiger partial charge in [-0.3, -0.25) is 0 Å². The third-order valence-electron chi connectivity index (χ3n) is 3.77. The summed E-state index contributed by atoms with van der Waals surface area (Å²) in [5.74, 6) is 1.10. The van der Waals surface area contributed by atoms with Crippen LogP contribution < -0.4 is 10.2 Å². The van der Waals surface area contributed by atoms with Crippen LogP contribution in [0.5, 0.6) is 0 Å². The number of hydrogen-bond donors (Lipinski definition) is 1. The molecular formula is C16H21N3. The molecule has 1 aromatic carbocycles. The number of nitrogens with one attached hydrogen (secondary N) is 1. The van der Waals surface area contributed by atoms with Gasteiger partial charge in [-0.1, -0.05) is 24.3 Å². The Morgan fingerprint density at radius 1 is 1.16 bits per heavy atom. The van der Waals surface area contributed by atoms with Gasteiger partial charge >= 0.3 is 0 Å². The van der Waals surface area contributed by atoms with Crippen LogP contribution in [0.4, 0.5) is 11.5 Å². The Hall–Kier alpha value is -1.77. The minimum absolute atomic E-state index is 0.657. The fourth-order valence-corrected chi connectivity index (χ4v) is 2.52. The lowest BCUT2D eigenvalue weighted by atomic mass is 10.1. The molecule has 0 saturated heterocycles. The minimum Gasteiger partial charge on any atom is -0.381 e. The molecule has 1 heterocycles. The summed E-state index contributed by atoms with van der Waals surface area (Å²) in [6.45, 7) is 6.33. The SMILES string of the molecule is CCN(CC)c1ncc(NC2CC2)c2ccccc12. The van der Waals surface area contributed by atoms with Crippen molar-refractivity contribution in [2.75, 3.05) is 23.3 Å². The summed E-state index contributed by atoms with van der Waals surface area (Å²) in [5, 5.41) is 6.11. The lowest BCUT2D eigenvalue weighted by molar-refractivity contribution is 0.851. The van der Waals surface area contributed by atoms with Crippen molar-refractivity contribution < 1.29 is 0 Å². The number of fused-ring (bicyclic) bond motifs is 1. The molecular weight excluding hydrogens is 234 g/mol. The van der Waals surface area contributed by atoms with Crippen LogP contribution in [-0.2, 0) is 0 Å². The first kappa shape index (κ1) is 12.3. The summed E-state index contributed by atoms with van der Waals surface area (Å²) >= 11 is 0. The van der Waals surface area contributed by atoms with E-state index in [1.807, 2.05) is 6.20 Å². The maximum Gasteiger partial charge on any atom is 0.136 e. The summed E-state index contributed by atoms with van der Waals surface area (Å²) in [7, 11) is 0. The van der Waals surface area contributed by atoms with E-state index in [4.69, 9.17) is 4.98 Å². The molecule has 0 radical (unpaired) electrons. The Kier molecular flexibility index (Phi) is 3.28. The summed E-state index contributed by atoms with van der Waals surface area (Å²) in [6, 6.07) is 9.22. The van der Waals surface area contributed by atoms with Gasteiger partial charge in [0.1, 0.15) is 5.82 Å². The van der Waals surface area contributed by atoms with Crippen molar-refractivity contribution in [2.24, 2.45) is 0 Å². The van der Waals surface area contributed by atoms with Crippen LogP contribution >= 0.6 is 0 Å². The summed E-state index contributed by atoms with van der Waals surface area (Å²) in [5.41, 5.74) is 1.18. The molecule has 1 N–H and O–H groups in total. The fraction of sp³-hybridized carbons (Fsp3) is 0.438. The van der Waals surface area contributed by atoms with E-state index in [1.165, 1.54) is 29.3 Å². The van der Waals surface area contributed by atoms with Crippen molar-refractivity contribution in [1.82, 2.24) is 4.98 Å². The maximum absolute atomic E-state index is 4.69. The van der Waals surface area contributed by atoms with Gasteiger partial charge in [0.25, 0.3) is 0 Å². The number of anilines is 2. The molecule has 0 atom stereocenters. The molecule has 1 aliphatic carbocycles. The van der Waals surface area contributed by atoms with Crippen molar-refractivity contribution in [2.45, 2.75) is 32.7 Å². The highest BCUT2D eigenvalue weighted by molar-refractivity contribution is 6.00. The van der Waals surface area contributed by atoms with Gasteiger partial charge in [-0.05, 0) is 26.7 Å². The predicted molar refractivity (Wildman–Crippen MR) is 81.9 cm³/mol. The molecule has 1 saturated carbocycles. The van der Waals surface area contributed by atoms with Crippen LogP contribution in [0.3, 0.4) is 0 Å². The molecule has 1 aromatic heterocycles. The highest BCUT2D eigenvalue weighted by atomic mass is 15.2. The van der Waals surface area contributed by atoms with Crippen molar-refractivity contribution in [3.63, 3.8) is 0 Å². The predicted octanol–water partition coefficient (Wildman–Crippen LogP) is 3.66. The molecule has 3 rings (SSSR count). The molecule has 0 aliphatic heterocycles. The van der Waals surface area contributed by atoms with Crippen LogP contribution in [0.25, 0.3) is 10.8 Å². The highest BCUT2D eigenvalue weighted by Crippen LogP contribution is 2.33. The van der Waals surface area contributed by atoms with E-state index in [9.17, 15) is 0 Å². The summed E-state index contributed by atoms with van der Waals surface area (Å²) < 4.78 is 0. The van der Waals surface area contributed by atoms with Crippen molar-refractivity contribution in [3.05, 3.63) is 30.5 Å². The Labute approximate surface area is 114 Å². The van der Waals surface area contributed by atoms with Crippen LogP contribution in [-0.4, -0.2) is 24.1 Å². The van der Waals surface area contributed by atoms with Gasteiger partial charge in [0, 0.05) is 29.9 Å². The zero-order valence-corrected chi connectivity index (χ0v) is 11.7. The monoisotopic (exact) mass is 255 g/mol. The molecule has 19 heavy (non-hydrogen) atoms. The second-order valence-corrected chi connectivity index (χ2v) is 5.13. The van der Waals surface area contributed by atoms with Crippen molar-refractivity contribution in [3.8, 4) is 0 Å². The standard InChI is InChI=1S/C16H21N3/c1-3-19(4-2)16-14-8-6-5-7-13(14)15(11-17-16)18-12-9-10-12/h5-8,11-12,18H,3-4,9-10H2,1-2H3. The Bertz CT molecular complexity index is 571. The third kappa shape index (κ3) is 2.37. The zero-order chi connectivity index (χ0) is 13.2. The van der Waals surface area contributed by atoms with Gasteiger partial charge < -0.3 is 10.2 Å². The third-order valence-corrected chi connectivity index (χ3v) is 3.77. The lowest BCUT2D eigenvalue weighted by Crippen LogP contribution is -2.23. The molecule has 1 fully saturated rings. The van der Waals surface area contributed by atoms with E-state index < -0.39 is 0 Å². The van der Waals surface area contributed by atoms with Gasteiger partial charge in [0.2, 0.25) is 0 Å². The number of hydrogen-bond acceptors (Lipinski definition) is 3. The molecule has 0 spiro atoms. The minimum atomic E-state index is 0.657. The summed E-state index contributed by atoms with van der Waals surface area (Å²) in [6.07, 6.45) is 4.56. The Morgan fingerprint density at radius 2 is 1.84 bits per heavy atom. The molecule has 0 amide bonds. The van der Waals surface area contributed by atoms with Gasteiger partial charge in [-0.2, -0.15) is 0 Å². The number of aromatic nitrogens is 1. The fourth-order valence-electron chi connectivity index (χ4n) is 2.52. The van der Waals surface area contributed by atoms with Gasteiger partial charge in [0.05, 0.1) is 11.9 Å². The molecule has 2 aromatic rings. The van der Waals surface area contributed by atoms with E-state index in [0.717, 1.165) is 18.9 Å². The molecule has 3 nitrogen and oxygen atoms in total. The topological polar surface area (TPSA) is 28.2 Å². The first-order chi connectivity index (χ1) is 9.33. The second kappa shape index (κ2) is 5.08. The van der Waals surface area contributed by atoms with E-state index in [2.05, 4.69) is 48.3 Å². The van der Waals surface area contributed by atoms with E-state index in [-0.39, 0.29) is 0 Å². The first-order valence-corrected chi connectivity index (χ1v) is 7.22. The van der Waals surface area contributed by atoms with Gasteiger partial charge in [0.15, 0.2) is 0 Å². The Morgan fingerprint density at radius 3 is 2.47 bits per heavy atom. The maximum atomic E-state index is 4.69. The van der Waals surface area contributed by atoms with Crippen LogP contribution in [0.2, 0.25) is 0 Å². The smallest absolute Gasteiger partial charge is 0.136 e. The van der Waals surface area contributed by atoms with E-state index >= 15 is 0 Å². The van der Waals surface area contributed by atoms with Crippen LogP contribution in [0.15, 0.2) is 30.5 Å². The largest absolute Gasteiger partial charge is 0.381 e. The second-order valence-electron chi connectivity index (χ2n) is 5.13.